The van der Waals surface area contributed by atoms with Gasteiger partial charge in [-0.3, -0.25) is 0 Å². The second kappa shape index (κ2) is 4.00. The molecule has 0 radical (unpaired) electrons. The van der Waals surface area contributed by atoms with Crippen molar-refractivity contribution < 1.29 is 19.7 Å². The average Bonchev–Trinajstić information content (AvgIpc) is 2.27. The van der Waals surface area contributed by atoms with E-state index in [0.717, 1.165) is 17.5 Å². The lowest BCUT2D eigenvalue weighted by Gasteiger charge is -2.20. The third-order valence-corrected chi connectivity index (χ3v) is 2.60. The minimum Gasteiger partial charge on any atom is -0.479 e. The molecule has 0 aliphatic carbocycles. The molecule has 1 aromatic rings. The first kappa shape index (κ1) is 10.1. The molecule has 0 saturated carbocycles. The van der Waals surface area contributed by atoms with E-state index in [1.54, 1.807) is 12.1 Å². The molecular formula is C11H12O4. The molecule has 0 bridgehead atoms. The molecule has 1 heterocycles. The first-order chi connectivity index (χ1) is 7.20. The molecule has 0 fully saturated rings. The van der Waals surface area contributed by atoms with Gasteiger partial charge in [0.15, 0.2) is 6.10 Å². The zero-order valence-corrected chi connectivity index (χ0v) is 8.14. The van der Waals surface area contributed by atoms with Gasteiger partial charge in [-0.15, -0.1) is 0 Å². The van der Waals surface area contributed by atoms with Crippen LogP contribution in [0.1, 0.15) is 22.8 Å². The van der Waals surface area contributed by atoms with Gasteiger partial charge in [-0.25, -0.2) is 4.79 Å². The lowest BCUT2D eigenvalue weighted by Crippen LogP contribution is -2.17. The van der Waals surface area contributed by atoms with E-state index in [1.807, 2.05) is 6.07 Å². The van der Waals surface area contributed by atoms with Crippen LogP contribution in [0.25, 0.3) is 0 Å². The third-order valence-electron chi connectivity index (χ3n) is 2.60. The predicted molar refractivity (Wildman–Crippen MR) is 52.4 cm³/mol. The number of benzene rings is 1. The number of aliphatic carboxylic acids is 1. The molecule has 0 amide bonds. The van der Waals surface area contributed by atoms with Gasteiger partial charge < -0.3 is 14.9 Å². The Labute approximate surface area is 87.1 Å². The zero-order chi connectivity index (χ0) is 10.8. The van der Waals surface area contributed by atoms with Crippen molar-refractivity contribution in [1.82, 2.24) is 0 Å². The van der Waals surface area contributed by atoms with E-state index < -0.39 is 12.1 Å². The number of rotatable bonds is 2. The van der Waals surface area contributed by atoms with Gasteiger partial charge in [0.2, 0.25) is 0 Å². The molecule has 1 aliphatic heterocycles. The van der Waals surface area contributed by atoms with E-state index in [4.69, 9.17) is 9.84 Å². The Balaban J connectivity index is 2.43. The van der Waals surface area contributed by atoms with Crippen LogP contribution in [0.5, 0.6) is 0 Å². The molecule has 80 valence electrons. The van der Waals surface area contributed by atoms with Gasteiger partial charge in [-0.05, 0) is 23.1 Å². The van der Waals surface area contributed by atoms with Gasteiger partial charge in [0.05, 0.1) is 13.2 Å². The standard InChI is InChI=1S/C11H12O4/c12-10(11(13)14)8-3-1-2-7-4-5-15-6-9(7)8/h1-3,10,12H,4-6H2,(H,13,14). The fraction of sp³-hybridized carbons (Fsp3) is 0.364. The highest BCUT2D eigenvalue weighted by atomic mass is 16.5. The second-order valence-corrected chi connectivity index (χ2v) is 3.53. The maximum atomic E-state index is 10.7. The number of carboxylic acid groups (broad SMARTS) is 1. The highest BCUT2D eigenvalue weighted by Crippen LogP contribution is 2.25. The molecule has 1 unspecified atom stereocenters. The summed E-state index contributed by atoms with van der Waals surface area (Å²) in [5.74, 6) is -1.23. The average molecular weight is 208 g/mol. The number of carboxylic acids is 1. The molecule has 0 aromatic heterocycles. The van der Waals surface area contributed by atoms with Crippen molar-refractivity contribution >= 4 is 5.97 Å². The van der Waals surface area contributed by atoms with Crippen LogP contribution in [0.3, 0.4) is 0 Å². The van der Waals surface area contributed by atoms with Crippen LogP contribution >= 0.6 is 0 Å². The fourth-order valence-corrected chi connectivity index (χ4v) is 1.81. The van der Waals surface area contributed by atoms with Gasteiger partial charge in [0.25, 0.3) is 0 Å². The molecule has 2 rings (SSSR count). The van der Waals surface area contributed by atoms with Crippen LogP contribution in [-0.4, -0.2) is 22.8 Å². The van der Waals surface area contributed by atoms with Crippen molar-refractivity contribution in [3.05, 3.63) is 34.9 Å². The summed E-state index contributed by atoms with van der Waals surface area (Å²) in [5.41, 5.74) is 2.33. The number of hydrogen-bond acceptors (Lipinski definition) is 3. The lowest BCUT2D eigenvalue weighted by atomic mass is 9.95. The molecule has 1 aliphatic rings. The monoisotopic (exact) mass is 208 g/mol. The Bertz CT molecular complexity index is 386. The summed E-state index contributed by atoms with van der Waals surface area (Å²) >= 11 is 0. The molecule has 15 heavy (non-hydrogen) atoms. The van der Waals surface area contributed by atoms with Crippen molar-refractivity contribution in [3.63, 3.8) is 0 Å². The number of ether oxygens (including phenoxy) is 1. The van der Waals surface area contributed by atoms with Crippen LogP contribution in [0, 0.1) is 0 Å². The largest absolute Gasteiger partial charge is 0.479 e. The molecule has 1 atom stereocenters. The SMILES string of the molecule is O=C(O)C(O)c1cccc2c1COCC2. The van der Waals surface area contributed by atoms with Crippen LogP contribution in [0.15, 0.2) is 18.2 Å². The summed E-state index contributed by atoms with van der Waals surface area (Å²) < 4.78 is 5.26. The van der Waals surface area contributed by atoms with Gasteiger partial charge in [-0.2, -0.15) is 0 Å². The summed E-state index contributed by atoms with van der Waals surface area (Å²) in [6.45, 7) is 1.04. The minimum atomic E-state index is -1.46. The van der Waals surface area contributed by atoms with Crippen molar-refractivity contribution in [2.45, 2.75) is 19.1 Å². The smallest absolute Gasteiger partial charge is 0.337 e. The molecule has 0 spiro atoms. The Morgan fingerprint density at radius 1 is 1.47 bits per heavy atom. The van der Waals surface area contributed by atoms with Crippen molar-refractivity contribution in [1.29, 1.82) is 0 Å². The third kappa shape index (κ3) is 1.86. The fourth-order valence-electron chi connectivity index (χ4n) is 1.81. The number of aliphatic hydroxyl groups is 1. The van der Waals surface area contributed by atoms with E-state index in [2.05, 4.69) is 0 Å². The van der Waals surface area contributed by atoms with Gasteiger partial charge in [0, 0.05) is 0 Å². The van der Waals surface area contributed by atoms with E-state index in [0.29, 0.717) is 18.8 Å². The first-order valence-electron chi connectivity index (χ1n) is 4.79. The minimum absolute atomic E-state index is 0.385. The molecular weight excluding hydrogens is 196 g/mol. The van der Waals surface area contributed by atoms with E-state index in [-0.39, 0.29) is 0 Å². The maximum Gasteiger partial charge on any atom is 0.337 e. The van der Waals surface area contributed by atoms with E-state index in [1.165, 1.54) is 0 Å². The topological polar surface area (TPSA) is 66.8 Å². The van der Waals surface area contributed by atoms with Crippen molar-refractivity contribution in [2.75, 3.05) is 6.61 Å². The molecule has 1 aromatic carbocycles. The Hall–Kier alpha value is -1.39. The Kier molecular flexibility index (Phi) is 2.70. The van der Waals surface area contributed by atoms with Crippen LogP contribution < -0.4 is 0 Å². The molecule has 4 heteroatoms. The molecule has 4 nitrogen and oxygen atoms in total. The summed E-state index contributed by atoms with van der Waals surface area (Å²) in [5, 5.41) is 18.2. The van der Waals surface area contributed by atoms with Crippen LogP contribution in [-0.2, 0) is 22.6 Å². The maximum absolute atomic E-state index is 10.7. The van der Waals surface area contributed by atoms with Gasteiger partial charge >= 0.3 is 5.97 Å². The zero-order valence-electron chi connectivity index (χ0n) is 8.14. The summed E-state index contributed by atoms with van der Waals surface area (Å²) in [4.78, 5) is 10.7. The highest BCUT2D eigenvalue weighted by Gasteiger charge is 2.22. The summed E-state index contributed by atoms with van der Waals surface area (Å²) in [6, 6.07) is 5.34. The van der Waals surface area contributed by atoms with Gasteiger partial charge in [0.1, 0.15) is 0 Å². The molecule has 2 N–H and O–H groups in total. The molecule has 0 saturated heterocycles. The predicted octanol–water partition coefficient (Wildman–Crippen LogP) is 0.877. The lowest BCUT2D eigenvalue weighted by molar-refractivity contribution is -0.147. The van der Waals surface area contributed by atoms with Crippen LogP contribution in [0.2, 0.25) is 0 Å². The van der Waals surface area contributed by atoms with Crippen molar-refractivity contribution in [3.8, 4) is 0 Å². The summed E-state index contributed by atoms with van der Waals surface area (Å²) in [6.07, 6.45) is -0.683. The number of hydrogen-bond donors (Lipinski definition) is 2. The second-order valence-electron chi connectivity index (χ2n) is 3.53. The van der Waals surface area contributed by atoms with E-state index >= 15 is 0 Å². The Morgan fingerprint density at radius 3 is 3.00 bits per heavy atom. The van der Waals surface area contributed by atoms with E-state index in [9.17, 15) is 9.90 Å². The highest BCUT2D eigenvalue weighted by molar-refractivity contribution is 5.74. The number of carbonyl (C=O) groups is 1. The first-order valence-corrected chi connectivity index (χ1v) is 4.79. The number of aliphatic hydroxyl groups excluding tert-OH is 1. The summed E-state index contributed by atoms with van der Waals surface area (Å²) in [7, 11) is 0. The quantitative estimate of drug-likeness (QED) is 0.757. The number of fused-ring (bicyclic) bond motifs is 1. The Morgan fingerprint density at radius 2 is 2.27 bits per heavy atom. The van der Waals surface area contributed by atoms with Crippen LogP contribution in [0.4, 0.5) is 0 Å². The van der Waals surface area contributed by atoms with Gasteiger partial charge in [-0.1, -0.05) is 18.2 Å². The van der Waals surface area contributed by atoms with Crippen molar-refractivity contribution in [2.24, 2.45) is 0 Å². The normalized spacial score (nSPS) is 16.9.